The molecule has 3 rings (SSSR count). The van der Waals surface area contributed by atoms with Gasteiger partial charge in [-0.2, -0.15) is 0 Å². The normalized spacial score (nSPS) is 30.4. The van der Waals surface area contributed by atoms with E-state index in [0.717, 1.165) is 11.3 Å². The summed E-state index contributed by atoms with van der Waals surface area (Å²) >= 11 is 5.21. The molecule has 1 aromatic carbocycles. The fraction of sp³-hybridized carbons (Fsp3) is 0.429. The molecule has 106 valence electrons. The summed E-state index contributed by atoms with van der Waals surface area (Å²) in [6.45, 7) is 3.95. The van der Waals surface area contributed by atoms with E-state index in [-0.39, 0.29) is 12.0 Å². The average molecular weight is 292 g/mol. The van der Waals surface area contributed by atoms with Crippen molar-refractivity contribution in [2.24, 2.45) is 5.92 Å². The molecule has 0 aromatic heterocycles. The van der Waals surface area contributed by atoms with Gasteiger partial charge in [0, 0.05) is 5.56 Å². The van der Waals surface area contributed by atoms with E-state index in [0.29, 0.717) is 11.7 Å². The van der Waals surface area contributed by atoms with Crippen LogP contribution >= 0.6 is 12.2 Å². The van der Waals surface area contributed by atoms with E-state index in [4.69, 9.17) is 21.7 Å². The van der Waals surface area contributed by atoms with Crippen molar-refractivity contribution in [2.45, 2.75) is 25.6 Å². The minimum atomic E-state index is -0.895. The van der Waals surface area contributed by atoms with Gasteiger partial charge in [0.05, 0.1) is 12.6 Å². The van der Waals surface area contributed by atoms with E-state index in [2.05, 4.69) is 10.6 Å². The van der Waals surface area contributed by atoms with E-state index in [1.165, 1.54) is 0 Å². The first kappa shape index (κ1) is 13.2. The van der Waals surface area contributed by atoms with Crippen molar-refractivity contribution in [3.63, 3.8) is 0 Å². The number of rotatable bonds is 2. The summed E-state index contributed by atoms with van der Waals surface area (Å²) in [4.78, 5) is 12.3. The number of benzene rings is 1. The molecule has 1 aromatic rings. The first-order chi connectivity index (χ1) is 9.55. The molecule has 0 unspecified atom stereocenters. The second-order valence-electron chi connectivity index (χ2n) is 5.05. The largest absolute Gasteiger partial charge is 0.467 e. The third-order valence-electron chi connectivity index (χ3n) is 3.69. The van der Waals surface area contributed by atoms with Gasteiger partial charge in [-0.25, -0.2) is 0 Å². The van der Waals surface area contributed by atoms with Crippen molar-refractivity contribution in [1.29, 1.82) is 0 Å². The first-order valence-corrected chi connectivity index (χ1v) is 6.99. The van der Waals surface area contributed by atoms with E-state index in [1.54, 1.807) is 6.92 Å². The van der Waals surface area contributed by atoms with Crippen molar-refractivity contribution in [1.82, 2.24) is 10.6 Å². The highest BCUT2D eigenvalue weighted by atomic mass is 32.1. The van der Waals surface area contributed by atoms with Gasteiger partial charge in [-0.1, -0.05) is 18.2 Å². The highest BCUT2D eigenvalue weighted by Gasteiger charge is 2.55. The summed E-state index contributed by atoms with van der Waals surface area (Å²) in [5.74, 6) is -0.0379. The molecule has 0 saturated carbocycles. The number of fused-ring (bicyclic) bond motifs is 4. The maximum Gasteiger partial charge on any atom is 0.317 e. The molecular formula is C14H16N2O3S. The number of para-hydroxylation sites is 1. The third kappa shape index (κ3) is 1.91. The summed E-state index contributed by atoms with van der Waals surface area (Å²) < 4.78 is 11.2. The molecule has 1 fully saturated rings. The molecule has 0 radical (unpaired) electrons. The van der Waals surface area contributed by atoms with E-state index in [9.17, 15) is 4.79 Å². The zero-order valence-corrected chi connectivity index (χ0v) is 12.1. The maximum absolute atomic E-state index is 12.3. The fourth-order valence-corrected chi connectivity index (χ4v) is 3.21. The zero-order valence-electron chi connectivity index (χ0n) is 11.3. The topological polar surface area (TPSA) is 59.6 Å². The Balaban J connectivity index is 2.08. The van der Waals surface area contributed by atoms with Crippen LogP contribution < -0.4 is 15.4 Å². The van der Waals surface area contributed by atoms with Gasteiger partial charge in [0.25, 0.3) is 0 Å². The SMILES string of the molecule is CCOC(=O)[C@H]1[C@@H]2NC(=S)N[C@@]1(C)Oc1ccccc12. The lowest BCUT2D eigenvalue weighted by atomic mass is 9.80. The average Bonchev–Trinajstić information content (AvgIpc) is 2.37. The minimum Gasteiger partial charge on any atom is -0.467 e. The van der Waals surface area contributed by atoms with Crippen LogP contribution in [0.2, 0.25) is 0 Å². The smallest absolute Gasteiger partial charge is 0.317 e. The molecule has 2 heterocycles. The van der Waals surface area contributed by atoms with Crippen LogP contribution in [-0.2, 0) is 9.53 Å². The lowest BCUT2D eigenvalue weighted by Gasteiger charge is -2.50. The zero-order chi connectivity index (χ0) is 14.3. The molecule has 2 bridgehead atoms. The summed E-state index contributed by atoms with van der Waals surface area (Å²) in [5, 5.41) is 6.69. The van der Waals surface area contributed by atoms with Crippen LogP contribution in [0, 0.1) is 5.92 Å². The highest BCUT2D eigenvalue weighted by Crippen LogP contribution is 2.44. The Bertz CT molecular complexity index is 577. The van der Waals surface area contributed by atoms with E-state index in [1.807, 2.05) is 31.2 Å². The van der Waals surface area contributed by atoms with Crippen LogP contribution in [0.15, 0.2) is 24.3 Å². The number of ether oxygens (including phenoxy) is 2. The van der Waals surface area contributed by atoms with Crippen molar-refractivity contribution >= 4 is 23.3 Å². The number of nitrogens with one attached hydrogen (secondary N) is 2. The molecule has 3 atom stereocenters. The van der Waals surface area contributed by atoms with Crippen LogP contribution in [0.25, 0.3) is 0 Å². The molecule has 5 nitrogen and oxygen atoms in total. The Morgan fingerprint density at radius 1 is 1.50 bits per heavy atom. The minimum absolute atomic E-state index is 0.238. The number of esters is 1. The maximum atomic E-state index is 12.3. The number of carbonyl (C=O) groups excluding carboxylic acids is 1. The van der Waals surface area contributed by atoms with Gasteiger partial charge in [-0.3, -0.25) is 4.79 Å². The summed E-state index contributed by atoms with van der Waals surface area (Å²) in [5.41, 5.74) is 0.0278. The first-order valence-electron chi connectivity index (χ1n) is 6.58. The van der Waals surface area contributed by atoms with Crippen LogP contribution in [-0.4, -0.2) is 23.4 Å². The molecular weight excluding hydrogens is 276 g/mol. The number of hydrogen-bond acceptors (Lipinski definition) is 4. The number of thiocarbonyl (C=S) groups is 1. The van der Waals surface area contributed by atoms with Gasteiger partial charge in [-0.15, -0.1) is 0 Å². The van der Waals surface area contributed by atoms with Crippen molar-refractivity contribution < 1.29 is 14.3 Å². The van der Waals surface area contributed by atoms with Crippen LogP contribution in [0.5, 0.6) is 5.75 Å². The van der Waals surface area contributed by atoms with Crippen molar-refractivity contribution in [2.75, 3.05) is 6.61 Å². The predicted octanol–water partition coefficient (Wildman–Crippen LogP) is 1.49. The molecule has 20 heavy (non-hydrogen) atoms. The number of carbonyl (C=O) groups is 1. The standard InChI is InChI=1S/C14H16N2O3S/c1-3-18-12(17)10-11-8-6-4-5-7-9(8)19-14(10,2)16-13(20)15-11/h4-7,10-11H,3H2,1-2H3,(H2,15,16,20)/t10-,11-,14+/m1/s1. The summed E-state index contributed by atoms with van der Waals surface area (Å²) in [6, 6.07) is 7.41. The second-order valence-corrected chi connectivity index (χ2v) is 5.46. The Labute approximate surface area is 122 Å². The molecule has 0 aliphatic carbocycles. The Hall–Kier alpha value is -1.82. The van der Waals surface area contributed by atoms with Gasteiger partial charge in [-0.05, 0) is 32.1 Å². The molecule has 6 heteroatoms. The van der Waals surface area contributed by atoms with Gasteiger partial charge in [0.2, 0.25) is 0 Å². The van der Waals surface area contributed by atoms with Gasteiger partial charge in [0.1, 0.15) is 11.7 Å². The van der Waals surface area contributed by atoms with E-state index >= 15 is 0 Å². The monoisotopic (exact) mass is 292 g/mol. The lowest BCUT2D eigenvalue weighted by molar-refractivity contribution is -0.161. The van der Waals surface area contributed by atoms with Crippen molar-refractivity contribution in [3.8, 4) is 5.75 Å². The van der Waals surface area contributed by atoms with Crippen LogP contribution in [0.3, 0.4) is 0 Å². The van der Waals surface area contributed by atoms with Gasteiger partial charge < -0.3 is 20.1 Å². The summed E-state index contributed by atoms with van der Waals surface area (Å²) in [7, 11) is 0. The van der Waals surface area contributed by atoms with Crippen LogP contribution in [0.1, 0.15) is 25.5 Å². The quantitative estimate of drug-likeness (QED) is 0.636. The summed E-state index contributed by atoms with van der Waals surface area (Å²) in [6.07, 6.45) is 0. The van der Waals surface area contributed by atoms with Crippen LogP contribution in [0.4, 0.5) is 0 Å². The second kappa shape index (κ2) is 4.63. The molecule has 0 spiro atoms. The lowest BCUT2D eigenvalue weighted by Crippen LogP contribution is -2.70. The van der Waals surface area contributed by atoms with Gasteiger partial charge in [0.15, 0.2) is 10.8 Å². The highest BCUT2D eigenvalue weighted by molar-refractivity contribution is 7.80. The Morgan fingerprint density at radius 3 is 3.00 bits per heavy atom. The van der Waals surface area contributed by atoms with Gasteiger partial charge >= 0.3 is 5.97 Å². The predicted molar refractivity (Wildman–Crippen MR) is 77.2 cm³/mol. The Morgan fingerprint density at radius 2 is 2.25 bits per heavy atom. The van der Waals surface area contributed by atoms with E-state index < -0.39 is 11.6 Å². The molecule has 2 aliphatic heterocycles. The molecule has 2 aliphatic rings. The third-order valence-corrected chi connectivity index (χ3v) is 3.91. The molecule has 1 saturated heterocycles. The number of hydrogen-bond donors (Lipinski definition) is 2. The van der Waals surface area contributed by atoms with Crippen molar-refractivity contribution in [3.05, 3.63) is 29.8 Å². The Kier molecular flexibility index (Phi) is 3.05. The fourth-order valence-electron chi connectivity index (χ4n) is 2.88. The molecule has 2 N–H and O–H groups in total. The molecule has 0 amide bonds.